The van der Waals surface area contributed by atoms with Gasteiger partial charge in [-0.1, -0.05) is 18.2 Å². The Balaban J connectivity index is 2.22. The molecule has 1 atom stereocenters. The number of nitrogens with zero attached hydrogens (tertiary/aromatic N) is 1. The van der Waals surface area contributed by atoms with Crippen molar-refractivity contribution in [2.45, 2.75) is 19.1 Å². The third-order valence-electron chi connectivity index (χ3n) is 3.06. The van der Waals surface area contributed by atoms with Crippen LogP contribution in [0.15, 0.2) is 47.1 Å². The van der Waals surface area contributed by atoms with E-state index in [9.17, 15) is 8.78 Å². The number of ether oxygens (including phenoxy) is 1. The zero-order valence-corrected chi connectivity index (χ0v) is 13.0. The van der Waals surface area contributed by atoms with Gasteiger partial charge in [-0.15, -0.1) is 0 Å². The van der Waals surface area contributed by atoms with E-state index >= 15 is 0 Å². The molecule has 1 aromatic carbocycles. The number of hydrogen-bond acceptors (Lipinski definition) is 3. The highest BCUT2D eigenvalue weighted by Gasteiger charge is 2.17. The SMILES string of the molecule is CNC(Cc1ccc(Br)cn1)c1ccccc1OC(F)F. The fourth-order valence-corrected chi connectivity index (χ4v) is 2.31. The molecule has 0 radical (unpaired) electrons. The molecule has 1 aromatic heterocycles. The second kappa shape index (κ2) is 7.47. The van der Waals surface area contributed by atoms with E-state index in [0.717, 1.165) is 10.2 Å². The molecule has 112 valence electrons. The van der Waals surface area contributed by atoms with E-state index in [0.29, 0.717) is 12.0 Å². The van der Waals surface area contributed by atoms with Gasteiger partial charge >= 0.3 is 6.61 Å². The van der Waals surface area contributed by atoms with Crippen LogP contribution in [0.2, 0.25) is 0 Å². The lowest BCUT2D eigenvalue weighted by Crippen LogP contribution is -2.20. The van der Waals surface area contributed by atoms with E-state index < -0.39 is 6.61 Å². The van der Waals surface area contributed by atoms with Crippen LogP contribution in [0, 0.1) is 0 Å². The molecule has 0 bridgehead atoms. The summed E-state index contributed by atoms with van der Waals surface area (Å²) < 4.78 is 30.4. The van der Waals surface area contributed by atoms with Crippen LogP contribution >= 0.6 is 15.9 Å². The topological polar surface area (TPSA) is 34.2 Å². The lowest BCUT2D eigenvalue weighted by molar-refractivity contribution is -0.0507. The number of halogens is 3. The van der Waals surface area contributed by atoms with Gasteiger partial charge in [-0.25, -0.2) is 0 Å². The van der Waals surface area contributed by atoms with Gasteiger partial charge in [-0.2, -0.15) is 8.78 Å². The number of rotatable bonds is 6. The normalized spacial score (nSPS) is 12.4. The summed E-state index contributed by atoms with van der Waals surface area (Å²) in [5.74, 6) is 0.184. The minimum Gasteiger partial charge on any atom is -0.434 e. The summed E-state index contributed by atoms with van der Waals surface area (Å²) in [5, 5.41) is 3.12. The molecule has 1 N–H and O–H groups in total. The summed E-state index contributed by atoms with van der Waals surface area (Å²) in [6.45, 7) is -2.84. The fourth-order valence-electron chi connectivity index (χ4n) is 2.08. The number of benzene rings is 1. The Labute approximate surface area is 130 Å². The summed E-state index contributed by atoms with van der Waals surface area (Å²) in [7, 11) is 1.78. The first kappa shape index (κ1) is 15.9. The predicted molar refractivity (Wildman–Crippen MR) is 80.5 cm³/mol. The van der Waals surface area contributed by atoms with Crippen LogP contribution in [0.4, 0.5) is 8.78 Å². The van der Waals surface area contributed by atoms with Crippen molar-refractivity contribution in [3.05, 3.63) is 58.3 Å². The van der Waals surface area contributed by atoms with Crippen molar-refractivity contribution < 1.29 is 13.5 Å². The Morgan fingerprint density at radius 2 is 2.00 bits per heavy atom. The molecule has 0 fully saturated rings. The average Bonchev–Trinajstić information content (AvgIpc) is 2.47. The fraction of sp³-hybridized carbons (Fsp3) is 0.267. The van der Waals surface area contributed by atoms with Crippen molar-refractivity contribution in [1.29, 1.82) is 0 Å². The molecule has 0 saturated heterocycles. The summed E-state index contributed by atoms with van der Waals surface area (Å²) in [4.78, 5) is 4.31. The van der Waals surface area contributed by atoms with Gasteiger partial charge in [-0.3, -0.25) is 4.98 Å². The Kier molecular flexibility index (Phi) is 5.64. The molecular weight excluding hydrogens is 342 g/mol. The maximum atomic E-state index is 12.5. The van der Waals surface area contributed by atoms with Crippen molar-refractivity contribution in [3.63, 3.8) is 0 Å². The van der Waals surface area contributed by atoms with Crippen molar-refractivity contribution in [3.8, 4) is 5.75 Å². The van der Waals surface area contributed by atoms with E-state index in [1.807, 2.05) is 12.1 Å². The third-order valence-corrected chi connectivity index (χ3v) is 3.53. The molecule has 1 unspecified atom stereocenters. The van der Waals surface area contributed by atoms with E-state index in [1.165, 1.54) is 0 Å². The number of likely N-dealkylation sites (N-methyl/N-ethyl adjacent to an activating group) is 1. The molecule has 0 spiro atoms. The molecule has 1 heterocycles. The van der Waals surface area contributed by atoms with Crippen molar-refractivity contribution in [2.24, 2.45) is 0 Å². The van der Waals surface area contributed by atoms with Crippen LogP contribution < -0.4 is 10.1 Å². The average molecular weight is 357 g/mol. The molecule has 0 aliphatic rings. The molecule has 21 heavy (non-hydrogen) atoms. The Hall–Kier alpha value is -1.53. The highest BCUT2D eigenvalue weighted by molar-refractivity contribution is 9.10. The second-order valence-electron chi connectivity index (χ2n) is 4.43. The molecule has 6 heteroatoms. The zero-order valence-electron chi connectivity index (χ0n) is 11.4. The number of para-hydroxylation sites is 1. The molecule has 3 nitrogen and oxygen atoms in total. The van der Waals surface area contributed by atoms with Gasteiger partial charge in [-0.05, 0) is 41.2 Å². The Morgan fingerprint density at radius 1 is 1.24 bits per heavy atom. The van der Waals surface area contributed by atoms with E-state index in [-0.39, 0.29) is 11.8 Å². The van der Waals surface area contributed by atoms with Gasteiger partial charge in [0.2, 0.25) is 0 Å². The van der Waals surface area contributed by atoms with Crippen molar-refractivity contribution in [2.75, 3.05) is 7.05 Å². The lowest BCUT2D eigenvalue weighted by atomic mass is 10.0. The van der Waals surface area contributed by atoms with Gasteiger partial charge in [0.15, 0.2) is 0 Å². The van der Waals surface area contributed by atoms with Crippen molar-refractivity contribution in [1.82, 2.24) is 10.3 Å². The largest absolute Gasteiger partial charge is 0.434 e. The molecule has 0 saturated carbocycles. The molecule has 0 aliphatic carbocycles. The number of aromatic nitrogens is 1. The van der Waals surface area contributed by atoms with Crippen LogP contribution in [0.3, 0.4) is 0 Å². The first-order chi connectivity index (χ1) is 10.1. The smallest absolute Gasteiger partial charge is 0.387 e. The van der Waals surface area contributed by atoms with Crippen molar-refractivity contribution >= 4 is 15.9 Å². The summed E-state index contributed by atoms with van der Waals surface area (Å²) in [6, 6.07) is 10.4. The lowest BCUT2D eigenvalue weighted by Gasteiger charge is -2.19. The first-order valence-corrected chi connectivity index (χ1v) is 7.21. The number of pyridine rings is 1. The first-order valence-electron chi connectivity index (χ1n) is 6.41. The maximum absolute atomic E-state index is 12.5. The molecule has 2 aromatic rings. The molecule has 0 aliphatic heterocycles. The van der Waals surface area contributed by atoms with Crippen LogP contribution in [0.5, 0.6) is 5.75 Å². The van der Waals surface area contributed by atoms with Gasteiger partial charge in [0.05, 0.1) is 0 Å². The number of alkyl halides is 2. The standard InChI is InChI=1S/C15H15BrF2N2O/c1-19-13(8-11-7-6-10(16)9-20-11)12-4-2-3-5-14(12)21-15(17)18/h2-7,9,13,15,19H,8H2,1H3. The Morgan fingerprint density at radius 3 is 2.62 bits per heavy atom. The van der Waals surface area contributed by atoms with Gasteiger partial charge < -0.3 is 10.1 Å². The van der Waals surface area contributed by atoms with E-state index in [4.69, 9.17) is 0 Å². The summed E-state index contributed by atoms with van der Waals surface area (Å²) in [6.07, 6.45) is 2.29. The highest BCUT2D eigenvalue weighted by atomic mass is 79.9. The highest BCUT2D eigenvalue weighted by Crippen LogP contribution is 2.28. The number of nitrogens with one attached hydrogen (secondary N) is 1. The van der Waals surface area contributed by atoms with Gasteiger partial charge in [0.25, 0.3) is 0 Å². The molecule has 2 rings (SSSR count). The van der Waals surface area contributed by atoms with E-state index in [2.05, 4.69) is 31.0 Å². The van der Waals surface area contributed by atoms with Gasteiger partial charge in [0.1, 0.15) is 5.75 Å². The molecular formula is C15H15BrF2N2O. The minimum atomic E-state index is -2.84. The van der Waals surface area contributed by atoms with Crippen LogP contribution in [0.1, 0.15) is 17.3 Å². The number of hydrogen-bond donors (Lipinski definition) is 1. The van der Waals surface area contributed by atoms with E-state index in [1.54, 1.807) is 37.5 Å². The third kappa shape index (κ3) is 4.47. The Bertz CT molecular complexity index is 578. The quantitative estimate of drug-likeness (QED) is 0.850. The van der Waals surface area contributed by atoms with Crippen LogP contribution in [-0.2, 0) is 6.42 Å². The monoisotopic (exact) mass is 356 g/mol. The van der Waals surface area contributed by atoms with Crippen LogP contribution in [-0.4, -0.2) is 18.6 Å². The van der Waals surface area contributed by atoms with Crippen LogP contribution in [0.25, 0.3) is 0 Å². The minimum absolute atomic E-state index is 0.159. The zero-order chi connectivity index (χ0) is 15.2. The summed E-state index contributed by atoms with van der Waals surface area (Å²) in [5.41, 5.74) is 1.55. The van der Waals surface area contributed by atoms with Gasteiger partial charge in [0, 0.05) is 34.4 Å². The maximum Gasteiger partial charge on any atom is 0.387 e. The second-order valence-corrected chi connectivity index (χ2v) is 5.35. The predicted octanol–water partition coefficient (Wildman–Crippen LogP) is 3.95. The summed E-state index contributed by atoms with van der Waals surface area (Å²) >= 11 is 3.33. The molecule has 0 amide bonds.